The molecule has 0 bridgehead atoms. The molecule has 2 N–H and O–H groups in total. The van der Waals surface area contributed by atoms with Crippen LogP contribution in [0, 0.1) is 34.6 Å². The number of esters is 1. The van der Waals surface area contributed by atoms with Crippen LogP contribution in [0.3, 0.4) is 0 Å². The number of benzene rings is 2. The molecular formula is C25H28N4O4. The van der Waals surface area contributed by atoms with E-state index in [0.29, 0.717) is 16.9 Å². The second-order valence-electron chi connectivity index (χ2n) is 7.98. The van der Waals surface area contributed by atoms with E-state index in [4.69, 9.17) is 4.74 Å². The summed E-state index contributed by atoms with van der Waals surface area (Å²) in [6.45, 7) is 8.72. The fourth-order valence-electron chi connectivity index (χ4n) is 3.27. The molecule has 0 aliphatic heterocycles. The molecule has 1 aromatic heterocycles. The molecule has 8 nitrogen and oxygen atoms in total. The molecule has 0 saturated carbocycles. The van der Waals surface area contributed by atoms with Crippen LogP contribution in [-0.4, -0.2) is 40.7 Å². The third-order valence-electron chi connectivity index (χ3n) is 5.36. The first-order valence-electron chi connectivity index (χ1n) is 10.6. The van der Waals surface area contributed by atoms with Crippen LogP contribution in [0.4, 0.5) is 5.69 Å². The number of carbonyl (C=O) groups excluding carboxylic acids is 3. The number of aryl methyl sites for hydroxylation is 4. The number of amides is 2. The quantitative estimate of drug-likeness (QED) is 0.540. The maximum atomic E-state index is 12.3. The van der Waals surface area contributed by atoms with Crippen LogP contribution in [0.1, 0.15) is 38.4 Å². The van der Waals surface area contributed by atoms with Gasteiger partial charge in [-0.3, -0.25) is 14.4 Å². The Morgan fingerprint density at radius 3 is 2.30 bits per heavy atom. The van der Waals surface area contributed by atoms with Gasteiger partial charge >= 0.3 is 5.97 Å². The largest absolute Gasteiger partial charge is 0.454 e. The summed E-state index contributed by atoms with van der Waals surface area (Å²) in [6.07, 6.45) is 0. The molecule has 3 aromatic rings. The van der Waals surface area contributed by atoms with Gasteiger partial charge in [0, 0.05) is 5.56 Å². The topological polar surface area (TPSA) is 102 Å². The SMILES string of the molecule is Cc1ccc(-n2nc(C)c(NC(=O)COC(=O)CNC(=O)c3ccc(C)c(C)c3)c2C)cc1. The molecule has 0 saturated heterocycles. The first-order chi connectivity index (χ1) is 15.7. The third-order valence-corrected chi connectivity index (χ3v) is 5.36. The summed E-state index contributed by atoms with van der Waals surface area (Å²) in [7, 11) is 0. The summed E-state index contributed by atoms with van der Waals surface area (Å²) in [5.74, 6) is -1.57. The van der Waals surface area contributed by atoms with Gasteiger partial charge in [-0.15, -0.1) is 0 Å². The Kier molecular flexibility index (Phi) is 7.27. The first kappa shape index (κ1) is 23.7. The third kappa shape index (κ3) is 5.85. The van der Waals surface area contributed by atoms with Gasteiger partial charge in [-0.2, -0.15) is 5.10 Å². The van der Waals surface area contributed by atoms with Crippen molar-refractivity contribution in [2.45, 2.75) is 34.6 Å². The highest BCUT2D eigenvalue weighted by Crippen LogP contribution is 2.23. The monoisotopic (exact) mass is 448 g/mol. The van der Waals surface area contributed by atoms with Crippen molar-refractivity contribution in [3.8, 4) is 5.69 Å². The van der Waals surface area contributed by atoms with Crippen LogP contribution in [0.5, 0.6) is 0 Å². The number of anilines is 1. The van der Waals surface area contributed by atoms with E-state index >= 15 is 0 Å². The first-order valence-corrected chi connectivity index (χ1v) is 10.6. The van der Waals surface area contributed by atoms with Gasteiger partial charge in [0.15, 0.2) is 6.61 Å². The maximum Gasteiger partial charge on any atom is 0.325 e. The molecule has 0 spiro atoms. The zero-order valence-electron chi connectivity index (χ0n) is 19.5. The summed E-state index contributed by atoms with van der Waals surface area (Å²) in [6, 6.07) is 13.2. The lowest BCUT2D eigenvalue weighted by Crippen LogP contribution is -2.32. The van der Waals surface area contributed by atoms with E-state index in [1.165, 1.54) is 0 Å². The summed E-state index contributed by atoms with van der Waals surface area (Å²) in [5, 5.41) is 9.75. The second-order valence-corrected chi connectivity index (χ2v) is 7.98. The highest BCUT2D eigenvalue weighted by molar-refractivity contribution is 5.97. The van der Waals surface area contributed by atoms with Gasteiger partial charge < -0.3 is 15.4 Å². The van der Waals surface area contributed by atoms with Gasteiger partial charge in [-0.25, -0.2) is 4.68 Å². The Balaban J connectivity index is 1.52. The van der Waals surface area contributed by atoms with Gasteiger partial charge in [-0.05, 0) is 70.0 Å². The van der Waals surface area contributed by atoms with Crippen molar-refractivity contribution in [2.24, 2.45) is 0 Å². The standard InChI is InChI=1S/C25H28N4O4/c1-15-6-10-21(11-7-15)29-19(5)24(18(4)28-29)27-22(30)14-33-23(31)13-26-25(32)20-9-8-16(2)17(3)12-20/h6-12H,13-14H2,1-5H3,(H,26,32)(H,27,30). The van der Waals surface area contributed by atoms with Crippen LogP contribution in [0.25, 0.3) is 5.69 Å². The normalized spacial score (nSPS) is 10.6. The lowest BCUT2D eigenvalue weighted by atomic mass is 10.1. The van der Waals surface area contributed by atoms with Crippen LogP contribution < -0.4 is 10.6 Å². The Hall–Kier alpha value is -3.94. The smallest absolute Gasteiger partial charge is 0.325 e. The van der Waals surface area contributed by atoms with Crippen molar-refractivity contribution in [2.75, 3.05) is 18.5 Å². The van der Waals surface area contributed by atoms with Crippen LogP contribution in [-0.2, 0) is 14.3 Å². The number of carbonyl (C=O) groups is 3. The lowest BCUT2D eigenvalue weighted by molar-refractivity contribution is -0.146. The van der Waals surface area contributed by atoms with E-state index in [1.54, 1.807) is 23.7 Å². The number of nitrogens with zero attached hydrogens (tertiary/aromatic N) is 2. The van der Waals surface area contributed by atoms with Crippen molar-refractivity contribution < 1.29 is 19.1 Å². The molecule has 0 radical (unpaired) electrons. The summed E-state index contributed by atoms with van der Waals surface area (Å²) in [5.41, 5.74) is 6.52. The average Bonchev–Trinajstić information content (AvgIpc) is 3.06. The molecule has 8 heteroatoms. The Morgan fingerprint density at radius 1 is 0.939 bits per heavy atom. The lowest BCUT2D eigenvalue weighted by Gasteiger charge is -2.09. The number of hydrogen-bond acceptors (Lipinski definition) is 5. The van der Waals surface area contributed by atoms with E-state index in [9.17, 15) is 14.4 Å². The predicted molar refractivity (Wildman–Crippen MR) is 126 cm³/mol. The fourth-order valence-corrected chi connectivity index (χ4v) is 3.27. The predicted octanol–water partition coefficient (Wildman–Crippen LogP) is 3.33. The molecule has 3 rings (SSSR count). The number of ether oxygens (including phenoxy) is 1. The maximum absolute atomic E-state index is 12.3. The summed E-state index contributed by atoms with van der Waals surface area (Å²) in [4.78, 5) is 36.5. The molecule has 0 aliphatic carbocycles. The zero-order chi connectivity index (χ0) is 24.1. The van der Waals surface area contributed by atoms with Crippen molar-refractivity contribution in [1.82, 2.24) is 15.1 Å². The minimum Gasteiger partial charge on any atom is -0.454 e. The molecule has 33 heavy (non-hydrogen) atoms. The minimum atomic E-state index is -0.703. The van der Waals surface area contributed by atoms with Gasteiger partial charge in [0.25, 0.3) is 11.8 Å². The molecule has 0 aliphatic rings. The van der Waals surface area contributed by atoms with Crippen LogP contribution >= 0.6 is 0 Å². The number of aromatic nitrogens is 2. The summed E-state index contributed by atoms with van der Waals surface area (Å²) < 4.78 is 6.75. The van der Waals surface area contributed by atoms with Crippen molar-refractivity contribution >= 4 is 23.5 Å². The Morgan fingerprint density at radius 2 is 1.64 bits per heavy atom. The Labute approximate surface area is 193 Å². The molecule has 2 amide bonds. The van der Waals surface area contributed by atoms with E-state index < -0.39 is 18.5 Å². The van der Waals surface area contributed by atoms with E-state index in [2.05, 4.69) is 15.7 Å². The molecule has 172 valence electrons. The Bertz CT molecular complexity index is 1200. The molecule has 0 unspecified atom stereocenters. The second kappa shape index (κ2) is 10.1. The van der Waals surface area contributed by atoms with Gasteiger partial charge in [0.05, 0.1) is 22.8 Å². The highest BCUT2D eigenvalue weighted by Gasteiger charge is 2.17. The molecule has 0 atom stereocenters. The van der Waals surface area contributed by atoms with Crippen molar-refractivity contribution in [3.05, 3.63) is 76.1 Å². The fraction of sp³-hybridized carbons (Fsp3) is 0.280. The van der Waals surface area contributed by atoms with Crippen molar-refractivity contribution in [3.63, 3.8) is 0 Å². The number of rotatable bonds is 7. The highest BCUT2D eigenvalue weighted by atomic mass is 16.5. The molecule has 2 aromatic carbocycles. The van der Waals surface area contributed by atoms with Crippen LogP contribution in [0.2, 0.25) is 0 Å². The van der Waals surface area contributed by atoms with Gasteiger partial charge in [0.1, 0.15) is 6.54 Å². The molecule has 1 heterocycles. The number of hydrogen-bond donors (Lipinski definition) is 2. The minimum absolute atomic E-state index is 0.331. The van der Waals surface area contributed by atoms with Gasteiger partial charge in [0.2, 0.25) is 0 Å². The van der Waals surface area contributed by atoms with E-state index in [1.807, 2.05) is 58.0 Å². The van der Waals surface area contributed by atoms with Gasteiger partial charge in [-0.1, -0.05) is 23.8 Å². The summed E-state index contributed by atoms with van der Waals surface area (Å²) >= 11 is 0. The zero-order valence-corrected chi connectivity index (χ0v) is 19.5. The van der Waals surface area contributed by atoms with Crippen molar-refractivity contribution in [1.29, 1.82) is 0 Å². The number of nitrogens with one attached hydrogen (secondary N) is 2. The van der Waals surface area contributed by atoms with Crippen LogP contribution in [0.15, 0.2) is 42.5 Å². The average molecular weight is 449 g/mol. The molecular weight excluding hydrogens is 420 g/mol. The molecule has 0 fully saturated rings. The van der Waals surface area contributed by atoms with E-state index in [-0.39, 0.29) is 12.5 Å². The van der Waals surface area contributed by atoms with E-state index in [0.717, 1.165) is 28.1 Å².